The third-order valence-corrected chi connectivity index (χ3v) is 3.46. The van der Waals surface area contributed by atoms with E-state index in [0.717, 1.165) is 35.5 Å². The molecule has 18 heavy (non-hydrogen) atoms. The second kappa shape index (κ2) is 5.11. The van der Waals surface area contributed by atoms with Crippen LogP contribution < -0.4 is 5.32 Å². The number of halogens is 1. The van der Waals surface area contributed by atoms with E-state index in [4.69, 9.17) is 0 Å². The van der Waals surface area contributed by atoms with Crippen molar-refractivity contribution < 1.29 is 0 Å². The molecule has 6 nitrogen and oxygen atoms in total. The number of fused-ring (bicyclic) bond motifs is 1. The van der Waals surface area contributed by atoms with Gasteiger partial charge < -0.3 is 5.32 Å². The Morgan fingerprint density at radius 2 is 2.33 bits per heavy atom. The first kappa shape index (κ1) is 11.7. The molecule has 1 aliphatic heterocycles. The molecular weight excluding hydrogens is 296 g/mol. The van der Waals surface area contributed by atoms with Crippen molar-refractivity contribution >= 4 is 15.9 Å². The lowest BCUT2D eigenvalue weighted by atomic mass is 10.1. The predicted octanol–water partition coefficient (Wildman–Crippen LogP) is 1.46. The van der Waals surface area contributed by atoms with E-state index in [-0.39, 0.29) is 6.04 Å². The molecule has 0 saturated heterocycles. The van der Waals surface area contributed by atoms with Gasteiger partial charge in [-0.2, -0.15) is 10.2 Å². The summed E-state index contributed by atoms with van der Waals surface area (Å²) in [6.45, 7) is 1.66. The highest BCUT2D eigenvalue weighted by atomic mass is 79.9. The molecule has 3 rings (SSSR count). The highest BCUT2D eigenvalue weighted by Gasteiger charge is 2.21. The van der Waals surface area contributed by atoms with Gasteiger partial charge in [-0.25, -0.2) is 9.67 Å². The smallest absolute Gasteiger partial charge is 0.143 e. The van der Waals surface area contributed by atoms with Gasteiger partial charge in [0.05, 0.1) is 11.7 Å². The monoisotopic (exact) mass is 308 g/mol. The number of nitrogens with zero attached hydrogens (tertiary/aromatic N) is 5. The van der Waals surface area contributed by atoms with E-state index in [1.807, 2.05) is 16.8 Å². The summed E-state index contributed by atoms with van der Waals surface area (Å²) < 4.78 is 2.72. The van der Waals surface area contributed by atoms with Crippen LogP contribution in [0.5, 0.6) is 0 Å². The van der Waals surface area contributed by atoms with Gasteiger partial charge in [0.25, 0.3) is 0 Å². The summed E-state index contributed by atoms with van der Waals surface area (Å²) >= 11 is 3.27. The molecule has 2 aromatic heterocycles. The molecule has 0 amide bonds. The molecule has 0 aromatic carbocycles. The van der Waals surface area contributed by atoms with Crippen LogP contribution in [0.3, 0.4) is 0 Å². The number of rotatable bonds is 3. The van der Waals surface area contributed by atoms with E-state index < -0.39 is 0 Å². The van der Waals surface area contributed by atoms with Crippen molar-refractivity contribution in [2.75, 3.05) is 0 Å². The summed E-state index contributed by atoms with van der Waals surface area (Å²) in [7, 11) is 0. The Morgan fingerprint density at radius 1 is 1.39 bits per heavy atom. The van der Waals surface area contributed by atoms with E-state index in [9.17, 15) is 0 Å². The molecule has 1 atom stereocenters. The van der Waals surface area contributed by atoms with Crippen LogP contribution in [0.4, 0.5) is 0 Å². The molecule has 0 spiro atoms. The predicted molar refractivity (Wildman–Crippen MR) is 68.6 cm³/mol. The molecule has 3 heterocycles. The molecule has 2 aromatic rings. The lowest BCUT2D eigenvalue weighted by Gasteiger charge is -2.22. The molecule has 1 unspecified atom stereocenters. The van der Waals surface area contributed by atoms with Crippen LogP contribution in [-0.2, 0) is 13.1 Å². The Balaban J connectivity index is 1.66. The molecule has 1 N–H and O–H groups in total. The van der Waals surface area contributed by atoms with Crippen LogP contribution >= 0.6 is 15.9 Å². The fraction of sp³-hybridized carbons (Fsp3) is 0.455. The molecule has 0 saturated carbocycles. The van der Waals surface area contributed by atoms with Crippen molar-refractivity contribution in [1.82, 2.24) is 30.3 Å². The third-order valence-electron chi connectivity index (χ3n) is 3.04. The summed E-state index contributed by atoms with van der Waals surface area (Å²) in [6.07, 6.45) is 3.83. The second-order valence-corrected chi connectivity index (χ2v) is 5.08. The topological polar surface area (TPSA) is 68.5 Å². The van der Waals surface area contributed by atoms with Crippen molar-refractivity contribution in [1.29, 1.82) is 0 Å². The van der Waals surface area contributed by atoms with E-state index in [1.165, 1.54) is 0 Å². The largest absolute Gasteiger partial charge is 0.302 e. The summed E-state index contributed by atoms with van der Waals surface area (Å²) in [4.78, 5) is 4.31. The Hall–Kier alpha value is -1.34. The Bertz CT molecular complexity index is 523. The van der Waals surface area contributed by atoms with Crippen molar-refractivity contribution in [3.8, 4) is 0 Å². The maximum absolute atomic E-state index is 4.31. The summed E-state index contributed by atoms with van der Waals surface area (Å²) in [5.41, 5.74) is 0.926. The number of hydrogen-bond acceptors (Lipinski definition) is 5. The van der Waals surface area contributed by atoms with E-state index in [1.54, 1.807) is 6.33 Å². The molecule has 0 aliphatic carbocycles. The average Bonchev–Trinajstić information content (AvgIpc) is 2.87. The van der Waals surface area contributed by atoms with Crippen molar-refractivity contribution in [3.63, 3.8) is 0 Å². The van der Waals surface area contributed by atoms with Gasteiger partial charge in [0.2, 0.25) is 0 Å². The second-order valence-electron chi connectivity index (χ2n) is 4.26. The zero-order valence-electron chi connectivity index (χ0n) is 9.75. The molecular formula is C11H13BrN6. The minimum absolute atomic E-state index is 0.256. The van der Waals surface area contributed by atoms with Crippen LogP contribution in [0.2, 0.25) is 0 Å². The number of nitrogens with one attached hydrogen (secondary N) is 1. The van der Waals surface area contributed by atoms with Crippen molar-refractivity contribution in [2.45, 2.75) is 32.0 Å². The SMILES string of the molecule is Brc1ccc(CNC2CCCn3ncnc32)nn1. The summed E-state index contributed by atoms with van der Waals surface area (Å²) in [6, 6.07) is 4.11. The highest BCUT2D eigenvalue weighted by Crippen LogP contribution is 2.22. The first-order valence-electron chi connectivity index (χ1n) is 5.92. The number of hydrogen-bond donors (Lipinski definition) is 1. The van der Waals surface area contributed by atoms with Crippen molar-refractivity contribution in [2.24, 2.45) is 0 Å². The molecule has 0 fully saturated rings. The zero-order chi connectivity index (χ0) is 12.4. The average molecular weight is 309 g/mol. The molecule has 0 bridgehead atoms. The van der Waals surface area contributed by atoms with Gasteiger partial charge in [-0.15, -0.1) is 5.10 Å². The summed E-state index contributed by atoms with van der Waals surface area (Å²) in [5, 5.41) is 15.7. The van der Waals surface area contributed by atoms with Gasteiger partial charge in [-0.05, 0) is 40.9 Å². The summed E-state index contributed by atoms with van der Waals surface area (Å²) in [5.74, 6) is 1.02. The van der Waals surface area contributed by atoms with Crippen LogP contribution in [0, 0.1) is 0 Å². The normalized spacial score (nSPS) is 18.6. The third kappa shape index (κ3) is 2.41. The van der Waals surface area contributed by atoms with E-state index in [2.05, 4.69) is 41.5 Å². The standard InChI is InChI=1S/C11H13BrN6/c12-10-4-3-8(16-17-10)6-13-9-2-1-5-18-11(9)14-7-15-18/h3-4,7,9,13H,1-2,5-6H2. The Morgan fingerprint density at radius 3 is 3.17 bits per heavy atom. The lowest BCUT2D eigenvalue weighted by Crippen LogP contribution is -2.28. The lowest BCUT2D eigenvalue weighted by molar-refractivity contribution is 0.365. The Labute approximate surface area is 113 Å². The van der Waals surface area contributed by atoms with Gasteiger partial charge in [-0.1, -0.05) is 0 Å². The maximum Gasteiger partial charge on any atom is 0.143 e. The molecule has 7 heteroatoms. The molecule has 94 valence electrons. The van der Waals surface area contributed by atoms with Gasteiger partial charge in [0.1, 0.15) is 16.8 Å². The Kier molecular flexibility index (Phi) is 3.33. The number of aryl methyl sites for hydroxylation is 1. The first-order chi connectivity index (χ1) is 8.83. The first-order valence-corrected chi connectivity index (χ1v) is 6.71. The minimum atomic E-state index is 0.256. The van der Waals surface area contributed by atoms with E-state index in [0.29, 0.717) is 6.54 Å². The van der Waals surface area contributed by atoms with Crippen LogP contribution in [0.25, 0.3) is 0 Å². The van der Waals surface area contributed by atoms with Crippen LogP contribution in [0.1, 0.15) is 30.4 Å². The maximum atomic E-state index is 4.31. The van der Waals surface area contributed by atoms with Gasteiger partial charge >= 0.3 is 0 Å². The quantitative estimate of drug-likeness (QED) is 0.929. The van der Waals surface area contributed by atoms with Gasteiger partial charge in [0, 0.05) is 13.1 Å². The van der Waals surface area contributed by atoms with Gasteiger partial charge in [-0.3, -0.25) is 0 Å². The highest BCUT2D eigenvalue weighted by molar-refractivity contribution is 9.10. The fourth-order valence-electron chi connectivity index (χ4n) is 2.15. The van der Waals surface area contributed by atoms with Crippen LogP contribution in [0.15, 0.2) is 23.1 Å². The fourth-order valence-corrected chi connectivity index (χ4v) is 2.36. The van der Waals surface area contributed by atoms with E-state index >= 15 is 0 Å². The molecule has 0 radical (unpaired) electrons. The van der Waals surface area contributed by atoms with Gasteiger partial charge in [0.15, 0.2) is 0 Å². The minimum Gasteiger partial charge on any atom is -0.302 e. The zero-order valence-corrected chi connectivity index (χ0v) is 11.3. The van der Waals surface area contributed by atoms with Crippen molar-refractivity contribution in [3.05, 3.63) is 34.6 Å². The molecule has 1 aliphatic rings. The van der Waals surface area contributed by atoms with Crippen LogP contribution in [-0.4, -0.2) is 25.0 Å². The number of aromatic nitrogens is 5.